The van der Waals surface area contributed by atoms with Crippen LogP contribution in [0.5, 0.6) is 17.2 Å². The van der Waals surface area contributed by atoms with Gasteiger partial charge in [-0.3, -0.25) is 0 Å². The standard InChI is InChI=1S/C15H20N2O3S/c1-9(16-2)13-8-17-15(21-13)14-11(19-4)6-10(18-3)7-12(14)20-5/h6-9,16H,1-5H3. The van der Waals surface area contributed by atoms with Crippen LogP contribution in [0.15, 0.2) is 18.3 Å². The zero-order valence-electron chi connectivity index (χ0n) is 12.9. The third kappa shape index (κ3) is 3.11. The van der Waals surface area contributed by atoms with E-state index in [0.717, 1.165) is 15.4 Å². The predicted molar refractivity (Wildman–Crippen MR) is 84.7 cm³/mol. The van der Waals surface area contributed by atoms with Gasteiger partial charge in [0.25, 0.3) is 0 Å². The average Bonchev–Trinajstić information content (AvgIpc) is 3.01. The molecule has 114 valence electrons. The quantitative estimate of drug-likeness (QED) is 0.888. The van der Waals surface area contributed by atoms with Crippen molar-refractivity contribution in [1.82, 2.24) is 10.3 Å². The minimum Gasteiger partial charge on any atom is -0.496 e. The van der Waals surface area contributed by atoms with Crippen molar-refractivity contribution < 1.29 is 14.2 Å². The van der Waals surface area contributed by atoms with Crippen LogP contribution in [0.4, 0.5) is 0 Å². The Labute approximate surface area is 128 Å². The first-order valence-corrected chi connectivity index (χ1v) is 7.39. The number of rotatable bonds is 6. The van der Waals surface area contributed by atoms with E-state index in [-0.39, 0.29) is 6.04 Å². The number of nitrogens with zero attached hydrogens (tertiary/aromatic N) is 1. The van der Waals surface area contributed by atoms with Crippen LogP contribution in [-0.2, 0) is 0 Å². The zero-order valence-corrected chi connectivity index (χ0v) is 13.7. The first-order valence-electron chi connectivity index (χ1n) is 6.58. The van der Waals surface area contributed by atoms with Gasteiger partial charge in [-0.25, -0.2) is 4.98 Å². The van der Waals surface area contributed by atoms with E-state index in [0.29, 0.717) is 17.2 Å². The highest BCUT2D eigenvalue weighted by Crippen LogP contribution is 2.43. The molecule has 0 bridgehead atoms. The van der Waals surface area contributed by atoms with Gasteiger partial charge in [-0.2, -0.15) is 0 Å². The Kier molecular flexibility index (Phi) is 5.03. The second-order valence-corrected chi connectivity index (χ2v) is 5.55. The van der Waals surface area contributed by atoms with Gasteiger partial charge in [-0.05, 0) is 14.0 Å². The van der Waals surface area contributed by atoms with E-state index < -0.39 is 0 Å². The minimum absolute atomic E-state index is 0.256. The molecule has 0 fully saturated rings. The SMILES string of the molecule is CNC(C)c1cnc(-c2c(OC)cc(OC)cc2OC)s1. The molecule has 0 radical (unpaired) electrons. The first kappa shape index (κ1) is 15.6. The molecule has 1 N–H and O–H groups in total. The number of nitrogens with one attached hydrogen (secondary N) is 1. The largest absolute Gasteiger partial charge is 0.496 e. The summed E-state index contributed by atoms with van der Waals surface area (Å²) in [5, 5.41) is 4.07. The van der Waals surface area contributed by atoms with Crippen molar-refractivity contribution in [3.05, 3.63) is 23.2 Å². The number of ether oxygens (including phenoxy) is 3. The van der Waals surface area contributed by atoms with Gasteiger partial charge in [0.05, 0.1) is 26.9 Å². The molecular formula is C15H20N2O3S. The van der Waals surface area contributed by atoms with Crippen LogP contribution >= 0.6 is 11.3 Å². The lowest BCUT2D eigenvalue weighted by Gasteiger charge is -2.13. The van der Waals surface area contributed by atoms with Crippen LogP contribution in [0.25, 0.3) is 10.6 Å². The highest BCUT2D eigenvalue weighted by Gasteiger charge is 2.19. The fourth-order valence-corrected chi connectivity index (χ4v) is 2.99. The third-order valence-electron chi connectivity index (χ3n) is 3.31. The summed E-state index contributed by atoms with van der Waals surface area (Å²) in [5.41, 5.74) is 0.848. The van der Waals surface area contributed by atoms with Crippen molar-refractivity contribution in [3.63, 3.8) is 0 Å². The van der Waals surface area contributed by atoms with Crippen LogP contribution in [0.3, 0.4) is 0 Å². The number of benzene rings is 1. The van der Waals surface area contributed by atoms with Crippen LogP contribution in [0.1, 0.15) is 17.8 Å². The van der Waals surface area contributed by atoms with Crippen LogP contribution in [0.2, 0.25) is 0 Å². The molecule has 1 unspecified atom stereocenters. The zero-order chi connectivity index (χ0) is 15.4. The number of methoxy groups -OCH3 is 3. The monoisotopic (exact) mass is 308 g/mol. The summed E-state index contributed by atoms with van der Waals surface area (Å²) in [6, 6.07) is 3.92. The van der Waals surface area contributed by atoms with Crippen molar-refractivity contribution in [2.24, 2.45) is 0 Å². The summed E-state index contributed by atoms with van der Waals surface area (Å²) in [5.74, 6) is 2.06. The normalized spacial score (nSPS) is 12.0. The Hall–Kier alpha value is -1.79. The van der Waals surface area contributed by atoms with E-state index in [2.05, 4.69) is 17.2 Å². The molecule has 0 saturated heterocycles. The van der Waals surface area contributed by atoms with Gasteiger partial charge in [0, 0.05) is 29.2 Å². The van der Waals surface area contributed by atoms with E-state index in [4.69, 9.17) is 14.2 Å². The van der Waals surface area contributed by atoms with E-state index >= 15 is 0 Å². The van der Waals surface area contributed by atoms with Crippen molar-refractivity contribution in [1.29, 1.82) is 0 Å². The van der Waals surface area contributed by atoms with E-state index in [1.54, 1.807) is 32.7 Å². The molecule has 0 aliphatic heterocycles. The molecular weight excluding hydrogens is 288 g/mol. The summed E-state index contributed by atoms with van der Waals surface area (Å²) < 4.78 is 16.2. The maximum Gasteiger partial charge on any atom is 0.136 e. The van der Waals surface area contributed by atoms with E-state index in [9.17, 15) is 0 Å². The van der Waals surface area contributed by atoms with Crippen molar-refractivity contribution >= 4 is 11.3 Å². The first-order chi connectivity index (χ1) is 10.1. The minimum atomic E-state index is 0.256. The lowest BCUT2D eigenvalue weighted by atomic mass is 10.1. The Morgan fingerprint density at radius 3 is 2.19 bits per heavy atom. The van der Waals surface area contributed by atoms with Crippen molar-refractivity contribution in [2.75, 3.05) is 28.4 Å². The van der Waals surface area contributed by atoms with Gasteiger partial charge in [0.1, 0.15) is 22.3 Å². The molecule has 1 aromatic heterocycles. The highest BCUT2D eigenvalue weighted by molar-refractivity contribution is 7.15. The summed E-state index contributed by atoms with van der Waals surface area (Å²) in [6.45, 7) is 2.10. The fourth-order valence-electron chi connectivity index (χ4n) is 1.96. The lowest BCUT2D eigenvalue weighted by molar-refractivity contribution is 0.377. The maximum atomic E-state index is 5.47. The number of thiazole rings is 1. The molecule has 2 rings (SSSR count). The number of hydrogen-bond acceptors (Lipinski definition) is 6. The molecule has 5 nitrogen and oxygen atoms in total. The van der Waals surface area contributed by atoms with Crippen molar-refractivity contribution in [3.8, 4) is 27.8 Å². The summed E-state index contributed by atoms with van der Waals surface area (Å²) in [6.07, 6.45) is 1.88. The lowest BCUT2D eigenvalue weighted by Crippen LogP contribution is -2.10. The number of hydrogen-bond donors (Lipinski definition) is 1. The Bertz CT molecular complexity index is 588. The van der Waals surface area contributed by atoms with E-state index in [1.807, 2.05) is 25.4 Å². The third-order valence-corrected chi connectivity index (χ3v) is 4.51. The molecule has 1 atom stereocenters. The van der Waals surface area contributed by atoms with Crippen LogP contribution in [0, 0.1) is 0 Å². The Morgan fingerprint density at radius 1 is 1.10 bits per heavy atom. The molecule has 0 amide bonds. The average molecular weight is 308 g/mol. The topological polar surface area (TPSA) is 52.6 Å². The van der Waals surface area contributed by atoms with Crippen LogP contribution in [-0.4, -0.2) is 33.4 Å². The van der Waals surface area contributed by atoms with Crippen molar-refractivity contribution in [2.45, 2.75) is 13.0 Å². The van der Waals surface area contributed by atoms with Gasteiger partial charge >= 0.3 is 0 Å². The molecule has 0 spiro atoms. The predicted octanol–water partition coefficient (Wildman–Crippen LogP) is 3.12. The summed E-state index contributed by atoms with van der Waals surface area (Å²) in [4.78, 5) is 5.67. The van der Waals surface area contributed by atoms with Gasteiger partial charge in [-0.1, -0.05) is 0 Å². The number of aromatic nitrogens is 1. The summed E-state index contributed by atoms with van der Waals surface area (Å²) >= 11 is 1.62. The molecule has 2 aromatic rings. The van der Waals surface area contributed by atoms with Gasteiger partial charge in [-0.15, -0.1) is 11.3 Å². The smallest absolute Gasteiger partial charge is 0.136 e. The van der Waals surface area contributed by atoms with Gasteiger partial charge in [0.15, 0.2) is 0 Å². The second-order valence-electron chi connectivity index (χ2n) is 4.49. The molecule has 0 saturated carbocycles. The van der Waals surface area contributed by atoms with Crippen LogP contribution < -0.4 is 19.5 Å². The van der Waals surface area contributed by atoms with Gasteiger partial charge in [0.2, 0.25) is 0 Å². The molecule has 0 aliphatic carbocycles. The fraction of sp³-hybridized carbons (Fsp3) is 0.400. The molecule has 1 aromatic carbocycles. The second kappa shape index (κ2) is 6.78. The highest BCUT2D eigenvalue weighted by atomic mass is 32.1. The molecule has 0 aliphatic rings. The summed E-state index contributed by atoms with van der Waals surface area (Å²) in [7, 11) is 6.80. The molecule has 1 heterocycles. The molecule has 6 heteroatoms. The Balaban J connectivity index is 2.53. The van der Waals surface area contributed by atoms with E-state index in [1.165, 1.54) is 0 Å². The maximum absolute atomic E-state index is 5.47. The van der Waals surface area contributed by atoms with Gasteiger partial charge < -0.3 is 19.5 Å². The Morgan fingerprint density at radius 2 is 1.71 bits per heavy atom. The molecule has 21 heavy (non-hydrogen) atoms.